The van der Waals surface area contributed by atoms with Crippen molar-refractivity contribution in [1.82, 2.24) is 0 Å². The average molecular weight is 215 g/mol. The van der Waals surface area contributed by atoms with Crippen LogP contribution >= 0.6 is 0 Å². The summed E-state index contributed by atoms with van der Waals surface area (Å²) in [5.74, 6) is -2.36. The molecule has 1 rings (SSSR count). The van der Waals surface area contributed by atoms with Gasteiger partial charge < -0.3 is 10.5 Å². The summed E-state index contributed by atoms with van der Waals surface area (Å²) in [6.45, 7) is 2.72. The molecular weight excluding hydrogens is 200 g/mol. The van der Waals surface area contributed by atoms with Crippen molar-refractivity contribution in [3.8, 4) is 5.75 Å². The normalized spacial score (nSPS) is 11.6. The molecule has 0 atom stereocenters. The van der Waals surface area contributed by atoms with Gasteiger partial charge in [0.15, 0.2) is 0 Å². The van der Waals surface area contributed by atoms with Crippen molar-refractivity contribution in [2.75, 3.05) is 13.7 Å². The van der Waals surface area contributed by atoms with Crippen LogP contribution in [0.3, 0.4) is 0 Å². The zero-order valence-corrected chi connectivity index (χ0v) is 9.10. The molecule has 1 aromatic carbocycles. The van der Waals surface area contributed by atoms with Crippen LogP contribution < -0.4 is 10.5 Å². The van der Waals surface area contributed by atoms with Gasteiger partial charge in [-0.25, -0.2) is 0 Å². The summed E-state index contributed by atoms with van der Waals surface area (Å²) in [6.07, 6.45) is 0. The molecule has 0 saturated heterocycles. The fraction of sp³-hybridized carbons (Fsp3) is 0.455. The molecule has 0 aliphatic heterocycles. The Morgan fingerprint density at radius 3 is 2.33 bits per heavy atom. The molecule has 4 heteroatoms. The van der Waals surface area contributed by atoms with Gasteiger partial charge in [-0.2, -0.15) is 8.78 Å². The quantitative estimate of drug-likeness (QED) is 0.840. The second-order valence-electron chi connectivity index (χ2n) is 3.47. The Bertz CT molecular complexity index is 364. The highest BCUT2D eigenvalue weighted by molar-refractivity contribution is 5.45. The molecule has 0 saturated carbocycles. The first-order chi connectivity index (χ1) is 6.94. The standard InChI is InChI=1S/C11H15F2NO/c1-7-8(2)10(15-3)5-4-9(7)11(12,13)6-14/h4-5H,6,14H2,1-3H3. The Balaban J connectivity index is 3.29. The van der Waals surface area contributed by atoms with Gasteiger partial charge in [-0.1, -0.05) is 0 Å². The molecule has 0 radical (unpaired) electrons. The topological polar surface area (TPSA) is 35.2 Å². The fourth-order valence-electron chi connectivity index (χ4n) is 1.52. The molecule has 1 aromatic rings. The minimum absolute atomic E-state index is 0.0247. The number of alkyl halides is 2. The molecule has 0 heterocycles. The van der Waals surface area contributed by atoms with E-state index in [2.05, 4.69) is 0 Å². The molecule has 0 unspecified atom stereocenters. The lowest BCUT2D eigenvalue weighted by molar-refractivity contribution is 0.00522. The van der Waals surface area contributed by atoms with Crippen LogP contribution in [0.15, 0.2) is 12.1 Å². The van der Waals surface area contributed by atoms with Gasteiger partial charge in [0, 0.05) is 5.56 Å². The van der Waals surface area contributed by atoms with E-state index in [0.717, 1.165) is 5.56 Å². The number of benzene rings is 1. The van der Waals surface area contributed by atoms with E-state index in [1.807, 2.05) is 0 Å². The van der Waals surface area contributed by atoms with E-state index in [9.17, 15) is 8.78 Å². The Morgan fingerprint density at radius 2 is 1.87 bits per heavy atom. The highest BCUT2D eigenvalue weighted by Crippen LogP contribution is 2.33. The van der Waals surface area contributed by atoms with Crippen molar-refractivity contribution < 1.29 is 13.5 Å². The summed E-state index contributed by atoms with van der Waals surface area (Å²) in [7, 11) is 1.52. The van der Waals surface area contributed by atoms with E-state index in [4.69, 9.17) is 10.5 Å². The van der Waals surface area contributed by atoms with Crippen molar-refractivity contribution in [1.29, 1.82) is 0 Å². The smallest absolute Gasteiger partial charge is 0.285 e. The minimum Gasteiger partial charge on any atom is -0.496 e. The highest BCUT2D eigenvalue weighted by Gasteiger charge is 2.32. The first-order valence-electron chi connectivity index (χ1n) is 4.66. The first kappa shape index (κ1) is 11.9. The van der Waals surface area contributed by atoms with Crippen LogP contribution in [0.1, 0.15) is 16.7 Å². The van der Waals surface area contributed by atoms with Crippen molar-refractivity contribution in [2.24, 2.45) is 5.73 Å². The average Bonchev–Trinajstić information content (AvgIpc) is 2.21. The predicted molar refractivity (Wildman–Crippen MR) is 55.4 cm³/mol. The van der Waals surface area contributed by atoms with E-state index < -0.39 is 12.5 Å². The Kier molecular flexibility index (Phi) is 3.29. The minimum atomic E-state index is -2.97. The molecule has 0 aromatic heterocycles. The molecule has 2 nitrogen and oxygen atoms in total. The number of ether oxygens (including phenoxy) is 1. The maximum absolute atomic E-state index is 13.4. The molecular formula is C11H15F2NO. The summed E-state index contributed by atoms with van der Waals surface area (Å²) >= 11 is 0. The second-order valence-corrected chi connectivity index (χ2v) is 3.47. The van der Waals surface area contributed by atoms with Crippen LogP contribution in [0, 0.1) is 13.8 Å². The molecule has 15 heavy (non-hydrogen) atoms. The largest absolute Gasteiger partial charge is 0.496 e. The molecule has 0 bridgehead atoms. The van der Waals surface area contributed by atoms with Crippen LogP contribution in [0.25, 0.3) is 0 Å². The zero-order chi connectivity index (χ0) is 11.6. The number of halogens is 2. The Hall–Kier alpha value is -1.16. The number of nitrogens with two attached hydrogens (primary N) is 1. The van der Waals surface area contributed by atoms with Crippen molar-refractivity contribution >= 4 is 0 Å². The third-order valence-electron chi connectivity index (χ3n) is 2.61. The summed E-state index contributed by atoms with van der Waals surface area (Å²) in [6, 6.07) is 2.91. The van der Waals surface area contributed by atoms with E-state index in [0.29, 0.717) is 11.3 Å². The lowest BCUT2D eigenvalue weighted by atomic mass is 9.97. The van der Waals surface area contributed by atoms with E-state index >= 15 is 0 Å². The summed E-state index contributed by atoms with van der Waals surface area (Å²) in [5.41, 5.74) is 6.28. The monoisotopic (exact) mass is 215 g/mol. The molecule has 0 amide bonds. The van der Waals surface area contributed by atoms with Crippen LogP contribution in [0.2, 0.25) is 0 Å². The molecule has 0 spiro atoms. The highest BCUT2D eigenvalue weighted by atomic mass is 19.3. The second kappa shape index (κ2) is 4.14. The van der Waals surface area contributed by atoms with E-state index in [-0.39, 0.29) is 5.56 Å². The Labute approximate surface area is 88.0 Å². The number of hydrogen-bond acceptors (Lipinski definition) is 2. The van der Waals surface area contributed by atoms with Gasteiger partial charge in [0.2, 0.25) is 0 Å². The van der Waals surface area contributed by atoms with Gasteiger partial charge in [0.1, 0.15) is 5.75 Å². The maximum atomic E-state index is 13.4. The van der Waals surface area contributed by atoms with Crippen molar-refractivity contribution in [2.45, 2.75) is 19.8 Å². The molecule has 0 fully saturated rings. The lowest BCUT2D eigenvalue weighted by Gasteiger charge is -2.19. The molecule has 0 aliphatic carbocycles. The van der Waals surface area contributed by atoms with Gasteiger partial charge in [-0.15, -0.1) is 0 Å². The van der Waals surface area contributed by atoms with Gasteiger partial charge in [-0.05, 0) is 37.1 Å². The summed E-state index contributed by atoms with van der Waals surface area (Å²) < 4.78 is 31.8. The fourth-order valence-corrected chi connectivity index (χ4v) is 1.52. The predicted octanol–water partition coefficient (Wildman–Crippen LogP) is 2.36. The van der Waals surface area contributed by atoms with E-state index in [1.165, 1.54) is 13.2 Å². The molecule has 2 N–H and O–H groups in total. The van der Waals surface area contributed by atoms with Gasteiger partial charge in [0.25, 0.3) is 5.92 Å². The van der Waals surface area contributed by atoms with Gasteiger partial charge in [-0.3, -0.25) is 0 Å². The molecule has 84 valence electrons. The van der Waals surface area contributed by atoms with Crippen LogP contribution in [0.4, 0.5) is 8.78 Å². The maximum Gasteiger partial charge on any atom is 0.285 e. The van der Waals surface area contributed by atoms with Crippen molar-refractivity contribution in [3.63, 3.8) is 0 Å². The van der Waals surface area contributed by atoms with Crippen molar-refractivity contribution in [3.05, 3.63) is 28.8 Å². The number of methoxy groups -OCH3 is 1. The SMILES string of the molecule is COc1ccc(C(F)(F)CN)c(C)c1C. The van der Waals surface area contributed by atoms with Crippen LogP contribution in [-0.2, 0) is 5.92 Å². The Morgan fingerprint density at radius 1 is 1.27 bits per heavy atom. The zero-order valence-electron chi connectivity index (χ0n) is 9.10. The number of hydrogen-bond donors (Lipinski definition) is 1. The number of rotatable bonds is 3. The third-order valence-corrected chi connectivity index (χ3v) is 2.61. The van der Waals surface area contributed by atoms with Crippen LogP contribution in [-0.4, -0.2) is 13.7 Å². The summed E-state index contributed by atoms with van der Waals surface area (Å²) in [5, 5.41) is 0. The van der Waals surface area contributed by atoms with E-state index in [1.54, 1.807) is 19.9 Å². The molecule has 0 aliphatic rings. The third kappa shape index (κ3) is 2.09. The first-order valence-corrected chi connectivity index (χ1v) is 4.66. The van der Waals surface area contributed by atoms with Gasteiger partial charge >= 0.3 is 0 Å². The van der Waals surface area contributed by atoms with Crippen LogP contribution in [0.5, 0.6) is 5.75 Å². The lowest BCUT2D eigenvalue weighted by Crippen LogP contribution is -2.26. The van der Waals surface area contributed by atoms with Gasteiger partial charge in [0.05, 0.1) is 13.7 Å². The summed E-state index contributed by atoms with van der Waals surface area (Å²) in [4.78, 5) is 0.